The maximum atomic E-state index is 5.66. The lowest BCUT2D eigenvalue weighted by Gasteiger charge is -2.17. The van der Waals surface area contributed by atoms with Crippen molar-refractivity contribution in [2.24, 2.45) is 16.6 Å². The molecule has 1 unspecified atom stereocenters. The molecule has 0 aliphatic carbocycles. The Morgan fingerprint density at radius 3 is 2.87 bits per heavy atom. The molecule has 3 heteroatoms. The number of hydrogen-bond acceptors (Lipinski definition) is 3. The summed E-state index contributed by atoms with van der Waals surface area (Å²) in [5, 5.41) is 3.05. The van der Waals surface area contributed by atoms with Gasteiger partial charge in [-0.25, -0.2) is 0 Å². The highest BCUT2D eigenvalue weighted by Gasteiger charge is 2.10. The minimum Gasteiger partial charge on any atom is -0.385 e. The maximum Gasteiger partial charge on any atom is 0.101 e. The lowest BCUT2D eigenvalue weighted by Crippen LogP contribution is -2.23. The summed E-state index contributed by atoms with van der Waals surface area (Å²) in [6, 6.07) is 0. The average molecular weight is 205 g/mol. The van der Waals surface area contributed by atoms with E-state index < -0.39 is 0 Å². The topological polar surface area (TPSA) is 50.4 Å². The van der Waals surface area contributed by atoms with E-state index in [-0.39, 0.29) is 0 Å². The summed E-state index contributed by atoms with van der Waals surface area (Å²) in [4.78, 5) is 4.44. The van der Waals surface area contributed by atoms with Gasteiger partial charge in [-0.05, 0) is 30.9 Å². The smallest absolute Gasteiger partial charge is 0.101 e. The van der Waals surface area contributed by atoms with Crippen molar-refractivity contribution >= 4 is 6.21 Å². The van der Waals surface area contributed by atoms with Crippen LogP contribution in [0.1, 0.15) is 27.2 Å². The molecule has 15 heavy (non-hydrogen) atoms. The zero-order valence-corrected chi connectivity index (χ0v) is 9.67. The number of nitrogens with one attached hydrogen (secondary N) is 1. The molecule has 1 aliphatic heterocycles. The van der Waals surface area contributed by atoms with Crippen LogP contribution in [0.15, 0.2) is 40.4 Å². The van der Waals surface area contributed by atoms with Crippen molar-refractivity contribution in [3.8, 4) is 0 Å². The summed E-state index contributed by atoms with van der Waals surface area (Å²) in [5.74, 6) is 1.11. The van der Waals surface area contributed by atoms with Crippen LogP contribution in [0.2, 0.25) is 0 Å². The van der Waals surface area contributed by atoms with Crippen LogP contribution in [0, 0.1) is 5.92 Å². The summed E-state index contributed by atoms with van der Waals surface area (Å²) in [6.45, 7) is 10.2. The highest BCUT2D eigenvalue weighted by atomic mass is 15.0. The predicted molar refractivity (Wildman–Crippen MR) is 65.2 cm³/mol. The Morgan fingerprint density at radius 2 is 2.33 bits per heavy atom. The molecule has 82 valence electrons. The molecule has 3 N–H and O–H groups in total. The first-order valence-corrected chi connectivity index (χ1v) is 5.23. The van der Waals surface area contributed by atoms with E-state index in [1.54, 1.807) is 6.08 Å². The van der Waals surface area contributed by atoms with E-state index in [9.17, 15) is 0 Å². The Bertz CT molecular complexity index is 348. The summed E-state index contributed by atoms with van der Waals surface area (Å²) < 4.78 is 0. The molecule has 0 saturated heterocycles. The number of allylic oxidation sites excluding steroid dienone is 2. The molecule has 0 aromatic carbocycles. The third-order valence-electron chi connectivity index (χ3n) is 2.42. The van der Waals surface area contributed by atoms with Gasteiger partial charge >= 0.3 is 0 Å². The fourth-order valence-electron chi connectivity index (χ4n) is 1.30. The monoisotopic (exact) mass is 205 g/mol. The largest absolute Gasteiger partial charge is 0.385 e. The summed E-state index contributed by atoms with van der Waals surface area (Å²) in [6.07, 6.45) is 4.85. The molecule has 0 aromatic heterocycles. The second-order valence-electron chi connectivity index (χ2n) is 3.89. The van der Waals surface area contributed by atoms with Crippen molar-refractivity contribution in [3.63, 3.8) is 0 Å². The van der Waals surface area contributed by atoms with Crippen LogP contribution in [0.25, 0.3) is 0 Å². The van der Waals surface area contributed by atoms with Gasteiger partial charge in [-0.3, -0.25) is 4.99 Å². The van der Waals surface area contributed by atoms with Crippen molar-refractivity contribution in [3.05, 3.63) is 35.4 Å². The van der Waals surface area contributed by atoms with E-state index in [1.807, 2.05) is 13.1 Å². The molecule has 0 spiro atoms. The second-order valence-corrected chi connectivity index (χ2v) is 3.89. The van der Waals surface area contributed by atoms with Gasteiger partial charge < -0.3 is 11.1 Å². The van der Waals surface area contributed by atoms with E-state index in [0.717, 1.165) is 23.4 Å². The molecule has 3 nitrogen and oxygen atoms in total. The van der Waals surface area contributed by atoms with Crippen molar-refractivity contribution in [2.45, 2.75) is 27.2 Å². The third kappa shape index (κ3) is 2.98. The van der Waals surface area contributed by atoms with Crippen LogP contribution in [0.3, 0.4) is 0 Å². The van der Waals surface area contributed by atoms with Crippen LogP contribution < -0.4 is 11.1 Å². The lowest BCUT2D eigenvalue weighted by atomic mass is 10.1. The normalized spacial score (nSPS) is 19.1. The number of nitrogens with zero attached hydrogens (tertiary/aromatic N) is 1. The van der Waals surface area contributed by atoms with Gasteiger partial charge in [-0.2, -0.15) is 0 Å². The average Bonchev–Trinajstić information content (AvgIpc) is 2.15. The van der Waals surface area contributed by atoms with E-state index >= 15 is 0 Å². The molecular weight excluding hydrogens is 186 g/mol. The molecule has 1 rings (SSSR count). The molecule has 1 heterocycles. The Kier molecular flexibility index (Phi) is 3.72. The molecule has 0 aromatic rings. The number of aliphatic imine (C=N–C) groups is 1. The predicted octanol–water partition coefficient (Wildman–Crippen LogP) is 2.29. The van der Waals surface area contributed by atoms with Crippen molar-refractivity contribution < 1.29 is 0 Å². The van der Waals surface area contributed by atoms with E-state index in [1.165, 1.54) is 0 Å². The van der Waals surface area contributed by atoms with Crippen LogP contribution in [0.5, 0.6) is 0 Å². The third-order valence-corrected chi connectivity index (χ3v) is 2.42. The first kappa shape index (κ1) is 11.6. The molecule has 0 fully saturated rings. The second kappa shape index (κ2) is 4.82. The molecule has 0 bridgehead atoms. The number of dihydropyridines is 1. The quantitative estimate of drug-likeness (QED) is 0.694. The van der Waals surface area contributed by atoms with Crippen molar-refractivity contribution in [2.75, 3.05) is 0 Å². The molecular formula is C12H19N3. The highest BCUT2D eigenvalue weighted by molar-refractivity contribution is 5.64. The molecule has 0 radical (unpaired) electrons. The Balaban J connectivity index is 2.82. The van der Waals surface area contributed by atoms with Gasteiger partial charge in [-0.15, -0.1) is 0 Å². The van der Waals surface area contributed by atoms with Gasteiger partial charge in [0.15, 0.2) is 0 Å². The first-order valence-electron chi connectivity index (χ1n) is 5.23. The number of hydrogen-bond donors (Lipinski definition) is 2. The summed E-state index contributed by atoms with van der Waals surface area (Å²) >= 11 is 0. The number of nitrogens with two attached hydrogens (primary N) is 1. The molecule has 1 atom stereocenters. The Morgan fingerprint density at radius 1 is 1.67 bits per heavy atom. The van der Waals surface area contributed by atoms with Gasteiger partial charge in [0.1, 0.15) is 5.82 Å². The van der Waals surface area contributed by atoms with E-state index in [4.69, 9.17) is 5.73 Å². The van der Waals surface area contributed by atoms with Crippen LogP contribution in [-0.2, 0) is 0 Å². The Labute approximate surface area is 91.5 Å². The van der Waals surface area contributed by atoms with E-state index in [0.29, 0.717) is 11.7 Å². The van der Waals surface area contributed by atoms with Crippen molar-refractivity contribution in [1.82, 2.24) is 5.32 Å². The minimum atomic E-state index is 0.487. The van der Waals surface area contributed by atoms with Crippen LogP contribution >= 0.6 is 0 Å². The SMILES string of the molecule is C=C1C=C(N)NC(C)=C1N=CC(C)CC. The Hall–Kier alpha value is -1.51. The molecule has 0 amide bonds. The van der Waals surface area contributed by atoms with Gasteiger partial charge in [0.25, 0.3) is 0 Å². The molecule has 1 aliphatic rings. The zero-order valence-electron chi connectivity index (χ0n) is 9.67. The highest BCUT2D eigenvalue weighted by Crippen LogP contribution is 2.19. The van der Waals surface area contributed by atoms with E-state index in [2.05, 4.69) is 30.7 Å². The number of rotatable bonds is 3. The summed E-state index contributed by atoms with van der Waals surface area (Å²) in [5.41, 5.74) is 8.38. The van der Waals surface area contributed by atoms with Gasteiger partial charge in [0.05, 0.1) is 5.70 Å². The molecule has 0 saturated carbocycles. The fourth-order valence-corrected chi connectivity index (χ4v) is 1.30. The van der Waals surface area contributed by atoms with Gasteiger partial charge in [0, 0.05) is 11.9 Å². The van der Waals surface area contributed by atoms with Crippen LogP contribution in [0.4, 0.5) is 0 Å². The minimum absolute atomic E-state index is 0.487. The zero-order chi connectivity index (χ0) is 11.4. The van der Waals surface area contributed by atoms with Crippen LogP contribution in [-0.4, -0.2) is 6.21 Å². The lowest BCUT2D eigenvalue weighted by molar-refractivity contribution is 0.753. The van der Waals surface area contributed by atoms with Crippen molar-refractivity contribution in [1.29, 1.82) is 0 Å². The van der Waals surface area contributed by atoms with Gasteiger partial charge in [0.2, 0.25) is 0 Å². The van der Waals surface area contributed by atoms with Gasteiger partial charge in [-0.1, -0.05) is 20.4 Å². The maximum absolute atomic E-state index is 5.66. The fraction of sp³-hybridized carbons (Fsp3) is 0.417. The summed E-state index contributed by atoms with van der Waals surface area (Å²) in [7, 11) is 0. The standard InChI is InChI=1S/C12H19N3/c1-5-8(2)7-14-12-9(3)6-11(13)15-10(12)4/h6-8,15H,3,5,13H2,1-2,4H3. The first-order chi connectivity index (χ1) is 7.04.